The highest BCUT2D eigenvalue weighted by atomic mass is 16.5. The molecule has 1 rings (SSSR count). The molecule has 0 atom stereocenters. The summed E-state index contributed by atoms with van der Waals surface area (Å²) in [4.78, 5) is 0. The molecular formula is C19H32O3. The van der Waals surface area contributed by atoms with Crippen LogP contribution in [0.1, 0.15) is 51.9 Å². The van der Waals surface area contributed by atoms with Crippen LogP contribution in [0.15, 0.2) is 30.3 Å². The molecule has 1 aromatic rings. The molecule has 3 heteroatoms. The van der Waals surface area contributed by atoms with Crippen LogP contribution in [-0.2, 0) is 9.47 Å². The monoisotopic (exact) mass is 308 g/mol. The quantitative estimate of drug-likeness (QED) is 0.434. The summed E-state index contributed by atoms with van der Waals surface area (Å²) in [5.74, 6) is 0.890. The summed E-state index contributed by atoms with van der Waals surface area (Å²) < 4.78 is 16.6. The molecule has 22 heavy (non-hydrogen) atoms. The third-order valence-electron chi connectivity index (χ3n) is 3.50. The first-order valence-corrected chi connectivity index (χ1v) is 8.77. The standard InChI is InChI=1S/C19H32O3/c1-2-3-4-5-6-7-11-14-20-15-16-21-17-18-22-19-12-9-8-10-13-19/h8-10,12-13H,2-7,11,14-18H2,1H3. The van der Waals surface area contributed by atoms with Crippen LogP contribution in [0.4, 0.5) is 0 Å². The highest BCUT2D eigenvalue weighted by molar-refractivity contribution is 5.20. The van der Waals surface area contributed by atoms with Crippen LogP contribution in [-0.4, -0.2) is 33.0 Å². The Bertz CT molecular complexity index is 327. The van der Waals surface area contributed by atoms with Gasteiger partial charge in [-0.05, 0) is 18.6 Å². The van der Waals surface area contributed by atoms with Gasteiger partial charge in [0.2, 0.25) is 0 Å². The number of benzene rings is 1. The molecule has 0 saturated heterocycles. The van der Waals surface area contributed by atoms with E-state index in [1.165, 1.54) is 44.9 Å². The minimum atomic E-state index is 0.585. The predicted octanol–water partition coefficient (Wildman–Crippen LogP) is 4.85. The van der Waals surface area contributed by atoms with E-state index in [1.807, 2.05) is 30.3 Å². The first kappa shape index (κ1) is 19.0. The molecule has 0 N–H and O–H groups in total. The maximum absolute atomic E-state index is 5.56. The second-order valence-electron chi connectivity index (χ2n) is 5.51. The molecule has 0 bridgehead atoms. The minimum Gasteiger partial charge on any atom is -0.491 e. The van der Waals surface area contributed by atoms with Gasteiger partial charge in [-0.2, -0.15) is 0 Å². The molecule has 0 aliphatic heterocycles. The number of hydrogen-bond donors (Lipinski definition) is 0. The molecule has 1 aromatic carbocycles. The van der Waals surface area contributed by atoms with Gasteiger partial charge in [0.1, 0.15) is 12.4 Å². The fourth-order valence-electron chi connectivity index (χ4n) is 2.22. The van der Waals surface area contributed by atoms with E-state index in [0.29, 0.717) is 26.4 Å². The normalized spacial score (nSPS) is 10.8. The molecule has 3 nitrogen and oxygen atoms in total. The zero-order valence-corrected chi connectivity index (χ0v) is 14.1. The van der Waals surface area contributed by atoms with Gasteiger partial charge in [-0.1, -0.05) is 63.6 Å². The lowest BCUT2D eigenvalue weighted by atomic mass is 10.1. The largest absolute Gasteiger partial charge is 0.491 e. The molecule has 0 aromatic heterocycles. The van der Waals surface area contributed by atoms with E-state index in [9.17, 15) is 0 Å². The molecule has 0 aliphatic rings. The fourth-order valence-corrected chi connectivity index (χ4v) is 2.22. The van der Waals surface area contributed by atoms with Gasteiger partial charge in [0.25, 0.3) is 0 Å². The van der Waals surface area contributed by atoms with Crippen LogP contribution in [0.5, 0.6) is 5.75 Å². The summed E-state index contributed by atoms with van der Waals surface area (Å²) >= 11 is 0. The van der Waals surface area contributed by atoms with E-state index in [1.54, 1.807) is 0 Å². The summed E-state index contributed by atoms with van der Waals surface area (Å²) in [6.45, 7) is 5.63. The van der Waals surface area contributed by atoms with Crippen molar-refractivity contribution in [3.63, 3.8) is 0 Å². The summed E-state index contributed by atoms with van der Waals surface area (Å²) in [7, 11) is 0. The van der Waals surface area contributed by atoms with Crippen molar-refractivity contribution in [1.29, 1.82) is 0 Å². The second kappa shape index (κ2) is 14.9. The molecule has 126 valence electrons. The van der Waals surface area contributed by atoms with Gasteiger partial charge in [0, 0.05) is 6.61 Å². The SMILES string of the molecule is CCCCCCCCCOCCOCCOc1ccccc1. The topological polar surface area (TPSA) is 27.7 Å². The fraction of sp³-hybridized carbons (Fsp3) is 0.684. The summed E-state index contributed by atoms with van der Waals surface area (Å²) in [5.41, 5.74) is 0. The van der Waals surface area contributed by atoms with Crippen molar-refractivity contribution in [2.75, 3.05) is 33.0 Å². The second-order valence-corrected chi connectivity index (χ2v) is 5.51. The third kappa shape index (κ3) is 11.6. The Balaban J connectivity index is 1.73. The van der Waals surface area contributed by atoms with E-state index in [0.717, 1.165) is 12.4 Å². The Hall–Kier alpha value is -1.06. The van der Waals surface area contributed by atoms with Gasteiger partial charge >= 0.3 is 0 Å². The lowest BCUT2D eigenvalue weighted by Crippen LogP contribution is -2.11. The molecule has 0 aliphatic carbocycles. The van der Waals surface area contributed by atoms with Crippen molar-refractivity contribution in [2.24, 2.45) is 0 Å². The van der Waals surface area contributed by atoms with E-state index in [2.05, 4.69) is 6.92 Å². The van der Waals surface area contributed by atoms with Crippen molar-refractivity contribution in [2.45, 2.75) is 51.9 Å². The number of ether oxygens (including phenoxy) is 3. The maximum atomic E-state index is 5.56. The smallest absolute Gasteiger partial charge is 0.119 e. The Morgan fingerprint density at radius 3 is 1.95 bits per heavy atom. The molecule has 0 saturated carbocycles. The summed E-state index contributed by atoms with van der Waals surface area (Å²) in [6.07, 6.45) is 9.26. The third-order valence-corrected chi connectivity index (χ3v) is 3.50. The lowest BCUT2D eigenvalue weighted by molar-refractivity contribution is 0.0352. The van der Waals surface area contributed by atoms with E-state index >= 15 is 0 Å². The molecular weight excluding hydrogens is 276 g/mol. The van der Waals surface area contributed by atoms with Gasteiger partial charge in [0.05, 0.1) is 19.8 Å². The first-order valence-electron chi connectivity index (χ1n) is 8.77. The van der Waals surface area contributed by atoms with Gasteiger partial charge in [-0.25, -0.2) is 0 Å². The van der Waals surface area contributed by atoms with E-state index in [4.69, 9.17) is 14.2 Å². The van der Waals surface area contributed by atoms with Crippen LogP contribution in [0.2, 0.25) is 0 Å². The summed E-state index contributed by atoms with van der Waals surface area (Å²) in [6, 6.07) is 9.81. The Morgan fingerprint density at radius 1 is 0.636 bits per heavy atom. The van der Waals surface area contributed by atoms with Crippen molar-refractivity contribution in [1.82, 2.24) is 0 Å². The molecule has 0 spiro atoms. The van der Waals surface area contributed by atoms with Crippen LogP contribution in [0, 0.1) is 0 Å². The van der Waals surface area contributed by atoms with Crippen molar-refractivity contribution in [3.05, 3.63) is 30.3 Å². The number of para-hydroxylation sites is 1. The van der Waals surface area contributed by atoms with Crippen LogP contribution < -0.4 is 4.74 Å². The molecule has 0 heterocycles. The van der Waals surface area contributed by atoms with Crippen LogP contribution in [0.25, 0.3) is 0 Å². The number of hydrogen-bond acceptors (Lipinski definition) is 3. The average Bonchev–Trinajstić information content (AvgIpc) is 2.56. The van der Waals surface area contributed by atoms with Crippen LogP contribution in [0.3, 0.4) is 0 Å². The predicted molar refractivity (Wildman–Crippen MR) is 91.6 cm³/mol. The van der Waals surface area contributed by atoms with Gasteiger partial charge in [-0.15, -0.1) is 0 Å². The number of unbranched alkanes of at least 4 members (excludes halogenated alkanes) is 6. The van der Waals surface area contributed by atoms with Gasteiger partial charge in [-0.3, -0.25) is 0 Å². The van der Waals surface area contributed by atoms with Crippen LogP contribution >= 0.6 is 0 Å². The minimum absolute atomic E-state index is 0.585. The summed E-state index contributed by atoms with van der Waals surface area (Å²) in [5, 5.41) is 0. The number of rotatable bonds is 15. The molecule has 0 amide bonds. The Kier molecular flexibility index (Phi) is 12.8. The lowest BCUT2D eigenvalue weighted by Gasteiger charge is -2.07. The van der Waals surface area contributed by atoms with Crippen molar-refractivity contribution < 1.29 is 14.2 Å². The molecule has 0 radical (unpaired) electrons. The average molecular weight is 308 g/mol. The van der Waals surface area contributed by atoms with Gasteiger partial charge in [0.15, 0.2) is 0 Å². The van der Waals surface area contributed by atoms with E-state index in [-0.39, 0.29) is 0 Å². The molecule has 0 fully saturated rings. The highest BCUT2D eigenvalue weighted by Gasteiger charge is 1.94. The van der Waals surface area contributed by atoms with Gasteiger partial charge < -0.3 is 14.2 Å². The van der Waals surface area contributed by atoms with Crippen molar-refractivity contribution in [3.8, 4) is 5.75 Å². The first-order chi connectivity index (χ1) is 10.9. The maximum Gasteiger partial charge on any atom is 0.119 e. The Morgan fingerprint density at radius 2 is 1.23 bits per heavy atom. The zero-order valence-electron chi connectivity index (χ0n) is 14.1. The Labute approximate surface area is 136 Å². The van der Waals surface area contributed by atoms with Crippen molar-refractivity contribution >= 4 is 0 Å². The zero-order chi connectivity index (χ0) is 15.7. The molecule has 0 unspecified atom stereocenters. The highest BCUT2D eigenvalue weighted by Crippen LogP contribution is 2.08. The van der Waals surface area contributed by atoms with E-state index < -0.39 is 0 Å².